The van der Waals surface area contributed by atoms with Gasteiger partial charge in [0, 0.05) is 12.7 Å². The van der Waals surface area contributed by atoms with Gasteiger partial charge < -0.3 is 10.7 Å². The molecule has 5 nitrogen and oxygen atoms in total. The van der Waals surface area contributed by atoms with Crippen LogP contribution in [0.4, 0.5) is 10.2 Å². The van der Waals surface area contributed by atoms with Crippen LogP contribution >= 0.6 is 0 Å². The van der Waals surface area contributed by atoms with Crippen molar-refractivity contribution < 1.29 is 9.18 Å². The van der Waals surface area contributed by atoms with Crippen molar-refractivity contribution in [2.45, 2.75) is 25.7 Å². The molecule has 1 amide bonds. The van der Waals surface area contributed by atoms with E-state index in [2.05, 4.69) is 15.7 Å². The zero-order valence-corrected chi connectivity index (χ0v) is 10.6. The number of nitrogen functional groups attached to an aromatic ring is 1. The maximum Gasteiger partial charge on any atom is 0.254 e. The van der Waals surface area contributed by atoms with E-state index in [1.165, 1.54) is 37.9 Å². The van der Waals surface area contributed by atoms with Crippen LogP contribution in [0.1, 0.15) is 36.0 Å². The van der Waals surface area contributed by atoms with Crippen LogP contribution in [0.5, 0.6) is 0 Å². The number of amides is 1. The molecule has 0 aliphatic heterocycles. The number of halogens is 1. The standard InChI is InChI=1S/C13H17FN4O/c14-10-9(3-6-16-11(10)18-15)12(19)17-7-13(4-5-13)8-1-2-8/h3,6,8H,1-2,4-5,7,15H2,(H,16,18)(H,17,19). The third kappa shape index (κ3) is 2.28. The van der Waals surface area contributed by atoms with Gasteiger partial charge in [0.05, 0.1) is 5.56 Å². The predicted molar refractivity (Wildman–Crippen MR) is 68.7 cm³/mol. The van der Waals surface area contributed by atoms with Gasteiger partial charge >= 0.3 is 0 Å². The van der Waals surface area contributed by atoms with Gasteiger partial charge in [-0.15, -0.1) is 0 Å². The van der Waals surface area contributed by atoms with Gasteiger partial charge in [-0.3, -0.25) is 4.79 Å². The lowest BCUT2D eigenvalue weighted by molar-refractivity contribution is 0.0938. The Balaban J connectivity index is 1.67. The number of anilines is 1. The normalized spacial score (nSPS) is 19.9. The first-order valence-corrected chi connectivity index (χ1v) is 6.55. The number of hydrogen-bond acceptors (Lipinski definition) is 4. The second-order valence-electron chi connectivity index (χ2n) is 5.48. The van der Waals surface area contributed by atoms with Crippen molar-refractivity contribution >= 4 is 11.7 Å². The van der Waals surface area contributed by atoms with E-state index < -0.39 is 11.7 Å². The molecule has 2 fully saturated rings. The molecular weight excluding hydrogens is 247 g/mol. The number of nitrogens with one attached hydrogen (secondary N) is 2. The van der Waals surface area contributed by atoms with Crippen LogP contribution in [0.2, 0.25) is 0 Å². The summed E-state index contributed by atoms with van der Waals surface area (Å²) in [6.07, 6.45) is 6.24. The molecule has 0 spiro atoms. The number of carbonyl (C=O) groups excluding carboxylic acids is 1. The average molecular weight is 264 g/mol. The predicted octanol–water partition coefficient (Wildman–Crippen LogP) is 1.43. The third-order valence-corrected chi connectivity index (χ3v) is 4.21. The fourth-order valence-corrected chi connectivity index (χ4v) is 2.66. The second kappa shape index (κ2) is 4.45. The molecule has 2 saturated carbocycles. The minimum Gasteiger partial charge on any atom is -0.351 e. The molecule has 2 aliphatic rings. The Kier molecular flexibility index (Phi) is 2.89. The molecule has 6 heteroatoms. The lowest BCUT2D eigenvalue weighted by Crippen LogP contribution is -2.32. The van der Waals surface area contributed by atoms with E-state index in [9.17, 15) is 9.18 Å². The molecule has 0 bridgehead atoms. The largest absolute Gasteiger partial charge is 0.351 e. The number of nitrogens with zero attached hydrogens (tertiary/aromatic N) is 1. The summed E-state index contributed by atoms with van der Waals surface area (Å²) in [5.74, 6) is 4.67. The fourth-order valence-electron chi connectivity index (χ4n) is 2.66. The van der Waals surface area contributed by atoms with Crippen LogP contribution in [0.3, 0.4) is 0 Å². The van der Waals surface area contributed by atoms with E-state index in [0.717, 1.165) is 5.92 Å². The minimum absolute atomic E-state index is 0.0189. The molecule has 1 aromatic heterocycles. The summed E-state index contributed by atoms with van der Waals surface area (Å²) in [6.45, 7) is 0.643. The first-order valence-electron chi connectivity index (χ1n) is 6.55. The smallest absolute Gasteiger partial charge is 0.254 e. The van der Waals surface area contributed by atoms with Crippen LogP contribution in [0.15, 0.2) is 12.3 Å². The van der Waals surface area contributed by atoms with E-state index in [0.29, 0.717) is 12.0 Å². The van der Waals surface area contributed by atoms with Crippen molar-refractivity contribution in [2.24, 2.45) is 17.2 Å². The number of hydrogen-bond donors (Lipinski definition) is 3. The number of nitrogens with two attached hydrogens (primary N) is 1. The van der Waals surface area contributed by atoms with Crippen LogP contribution < -0.4 is 16.6 Å². The van der Waals surface area contributed by atoms with E-state index >= 15 is 0 Å². The first-order chi connectivity index (χ1) is 9.16. The molecule has 4 N–H and O–H groups in total. The van der Waals surface area contributed by atoms with Gasteiger partial charge in [-0.2, -0.15) is 0 Å². The molecule has 0 radical (unpaired) electrons. The number of rotatable bonds is 5. The van der Waals surface area contributed by atoms with E-state index in [-0.39, 0.29) is 11.4 Å². The quantitative estimate of drug-likeness (QED) is 0.555. The Hall–Kier alpha value is -1.69. The number of carbonyl (C=O) groups is 1. The molecule has 102 valence electrons. The van der Waals surface area contributed by atoms with Gasteiger partial charge in [-0.25, -0.2) is 15.2 Å². The number of aromatic nitrogens is 1. The Labute approximate surface area is 110 Å². The van der Waals surface area contributed by atoms with Gasteiger partial charge in [0.25, 0.3) is 5.91 Å². The SMILES string of the molecule is NNc1nccc(C(=O)NCC2(C3CC3)CC2)c1F. The highest BCUT2D eigenvalue weighted by atomic mass is 19.1. The monoisotopic (exact) mass is 264 g/mol. The molecule has 0 aromatic carbocycles. The van der Waals surface area contributed by atoms with E-state index in [1.54, 1.807) is 0 Å². The fraction of sp³-hybridized carbons (Fsp3) is 0.538. The molecule has 1 aromatic rings. The molecule has 0 unspecified atom stereocenters. The number of hydrazine groups is 1. The molecule has 2 aliphatic carbocycles. The molecule has 19 heavy (non-hydrogen) atoms. The van der Waals surface area contributed by atoms with Crippen LogP contribution in [-0.2, 0) is 0 Å². The summed E-state index contributed by atoms with van der Waals surface area (Å²) >= 11 is 0. The van der Waals surface area contributed by atoms with Gasteiger partial charge in [0.15, 0.2) is 11.6 Å². The minimum atomic E-state index is -0.709. The molecule has 0 saturated heterocycles. The summed E-state index contributed by atoms with van der Waals surface area (Å²) in [5.41, 5.74) is 2.42. The van der Waals surface area contributed by atoms with Crippen LogP contribution in [0, 0.1) is 17.2 Å². The maximum atomic E-state index is 13.9. The van der Waals surface area contributed by atoms with Gasteiger partial charge in [-0.05, 0) is 43.1 Å². The second-order valence-corrected chi connectivity index (χ2v) is 5.48. The van der Waals surface area contributed by atoms with Gasteiger partial charge in [-0.1, -0.05) is 0 Å². The highest BCUT2D eigenvalue weighted by Crippen LogP contribution is 2.60. The summed E-state index contributed by atoms with van der Waals surface area (Å²) in [7, 11) is 0. The van der Waals surface area contributed by atoms with Gasteiger partial charge in [0.1, 0.15) is 0 Å². The average Bonchev–Trinajstić information content (AvgIpc) is 3.28. The highest BCUT2D eigenvalue weighted by Gasteiger charge is 2.53. The lowest BCUT2D eigenvalue weighted by Gasteiger charge is -2.15. The van der Waals surface area contributed by atoms with Crippen molar-refractivity contribution in [1.82, 2.24) is 10.3 Å². The molecule has 0 atom stereocenters. The van der Waals surface area contributed by atoms with Crippen molar-refractivity contribution in [3.05, 3.63) is 23.6 Å². The summed E-state index contributed by atoms with van der Waals surface area (Å²) in [5, 5.41) is 2.84. The topological polar surface area (TPSA) is 80.0 Å². The molecule has 3 rings (SSSR count). The van der Waals surface area contributed by atoms with E-state index in [4.69, 9.17) is 5.84 Å². The van der Waals surface area contributed by atoms with Crippen molar-refractivity contribution in [2.75, 3.05) is 12.0 Å². The summed E-state index contributed by atoms with van der Waals surface area (Å²) in [6, 6.07) is 1.36. The molecular formula is C13H17FN4O. The zero-order valence-electron chi connectivity index (χ0n) is 10.6. The Bertz CT molecular complexity index is 511. The third-order valence-electron chi connectivity index (χ3n) is 4.21. The molecule has 1 heterocycles. The van der Waals surface area contributed by atoms with E-state index in [1.807, 2.05) is 0 Å². The summed E-state index contributed by atoms with van der Waals surface area (Å²) < 4.78 is 13.9. The lowest BCUT2D eigenvalue weighted by atomic mass is 10.0. The van der Waals surface area contributed by atoms with Crippen molar-refractivity contribution in [3.63, 3.8) is 0 Å². The number of pyridine rings is 1. The Morgan fingerprint density at radius 1 is 1.53 bits per heavy atom. The van der Waals surface area contributed by atoms with Crippen LogP contribution in [0.25, 0.3) is 0 Å². The van der Waals surface area contributed by atoms with Crippen LogP contribution in [-0.4, -0.2) is 17.4 Å². The first kappa shape index (κ1) is 12.3. The highest BCUT2D eigenvalue weighted by molar-refractivity contribution is 5.95. The Morgan fingerprint density at radius 3 is 2.84 bits per heavy atom. The summed E-state index contributed by atoms with van der Waals surface area (Å²) in [4.78, 5) is 15.7. The maximum absolute atomic E-state index is 13.9. The zero-order chi connectivity index (χ0) is 13.5. The van der Waals surface area contributed by atoms with Gasteiger partial charge in [0.2, 0.25) is 0 Å². The van der Waals surface area contributed by atoms with Crippen molar-refractivity contribution in [3.8, 4) is 0 Å². The Morgan fingerprint density at radius 2 is 2.26 bits per heavy atom. The van der Waals surface area contributed by atoms with Crippen molar-refractivity contribution in [1.29, 1.82) is 0 Å².